The molecule has 2 amide bonds. The van der Waals surface area contributed by atoms with Crippen LogP contribution in [0.15, 0.2) is 42.6 Å². The Kier molecular flexibility index (Phi) is 7.33. The summed E-state index contributed by atoms with van der Waals surface area (Å²) in [7, 11) is 3.64. The average molecular weight is 388 g/mol. The molecule has 152 valence electrons. The summed E-state index contributed by atoms with van der Waals surface area (Å²) in [6.45, 7) is 6.14. The van der Waals surface area contributed by atoms with E-state index in [0.29, 0.717) is 6.54 Å². The molecule has 0 bridgehead atoms. The Balaban J connectivity index is 1.60. The molecule has 2 aromatic rings. The number of morpholine rings is 1. The van der Waals surface area contributed by atoms with Crippen molar-refractivity contribution in [3.8, 4) is 5.75 Å². The molecule has 1 aliphatic rings. The predicted molar refractivity (Wildman–Crippen MR) is 109 cm³/mol. The molecule has 0 aliphatic carbocycles. The van der Waals surface area contributed by atoms with Gasteiger partial charge in [0, 0.05) is 37.6 Å². The largest absolute Gasteiger partial charge is 0.497 e. The molecule has 1 saturated heterocycles. The molecule has 0 spiro atoms. The number of quaternary nitrogens is 1. The van der Waals surface area contributed by atoms with E-state index in [2.05, 4.69) is 16.0 Å². The lowest BCUT2D eigenvalue weighted by atomic mass is 10.3. The summed E-state index contributed by atoms with van der Waals surface area (Å²) in [6.07, 6.45) is 2.97. The van der Waals surface area contributed by atoms with Gasteiger partial charge in [-0.1, -0.05) is 0 Å². The summed E-state index contributed by atoms with van der Waals surface area (Å²) in [6, 6.07) is 11.4. The zero-order chi connectivity index (χ0) is 19.8. The fourth-order valence-electron chi connectivity index (χ4n) is 3.42. The predicted octanol–water partition coefficient (Wildman–Crippen LogP) is 1.37. The first kappa shape index (κ1) is 20.2. The van der Waals surface area contributed by atoms with Crippen LogP contribution < -0.4 is 15.0 Å². The molecule has 1 aliphatic heterocycles. The van der Waals surface area contributed by atoms with Gasteiger partial charge in [0.25, 0.3) is 0 Å². The smallest absolute Gasteiger partial charge is 0.322 e. The zero-order valence-electron chi connectivity index (χ0n) is 16.8. The quantitative estimate of drug-likeness (QED) is 0.719. The van der Waals surface area contributed by atoms with Gasteiger partial charge in [0.05, 0.1) is 33.4 Å². The summed E-state index contributed by atoms with van der Waals surface area (Å²) in [5.74, 6) is 0.771. The van der Waals surface area contributed by atoms with Crippen LogP contribution in [0.25, 0.3) is 0 Å². The molecule has 28 heavy (non-hydrogen) atoms. The van der Waals surface area contributed by atoms with Crippen molar-refractivity contribution in [2.75, 3.05) is 51.8 Å². The van der Waals surface area contributed by atoms with Crippen LogP contribution in [-0.2, 0) is 18.3 Å². The van der Waals surface area contributed by atoms with Crippen LogP contribution >= 0.6 is 0 Å². The maximum Gasteiger partial charge on any atom is 0.322 e. The minimum absolute atomic E-state index is 0.0802. The van der Waals surface area contributed by atoms with Crippen LogP contribution in [0.2, 0.25) is 0 Å². The summed E-state index contributed by atoms with van der Waals surface area (Å²) in [5.41, 5.74) is 1.88. The molecule has 0 atom stereocenters. The maximum absolute atomic E-state index is 12.9. The average Bonchev–Trinajstić information content (AvgIpc) is 3.13. The molecule has 3 rings (SSSR count). The molecule has 0 unspecified atom stereocenters. The van der Waals surface area contributed by atoms with Gasteiger partial charge in [-0.15, -0.1) is 0 Å². The van der Waals surface area contributed by atoms with E-state index >= 15 is 0 Å². The molecule has 1 aromatic carbocycles. The third kappa shape index (κ3) is 5.74. The summed E-state index contributed by atoms with van der Waals surface area (Å²) in [5, 5.41) is 3.01. The molecule has 1 fully saturated rings. The molecule has 2 N–H and O–H groups in total. The fraction of sp³-hybridized carbons (Fsp3) is 0.476. The van der Waals surface area contributed by atoms with Gasteiger partial charge in [0.2, 0.25) is 0 Å². The van der Waals surface area contributed by atoms with Crippen LogP contribution in [0.1, 0.15) is 12.1 Å². The topological polar surface area (TPSA) is 60.2 Å². The van der Waals surface area contributed by atoms with Crippen molar-refractivity contribution >= 4 is 11.7 Å². The van der Waals surface area contributed by atoms with Crippen molar-refractivity contribution in [3.63, 3.8) is 0 Å². The molecule has 7 nitrogen and oxygen atoms in total. The number of hydrogen-bond donors (Lipinski definition) is 2. The van der Waals surface area contributed by atoms with Crippen molar-refractivity contribution in [2.24, 2.45) is 7.05 Å². The number of methoxy groups -OCH3 is 1. The van der Waals surface area contributed by atoms with Gasteiger partial charge in [-0.05, 0) is 36.4 Å². The molecule has 0 saturated carbocycles. The highest BCUT2D eigenvalue weighted by atomic mass is 16.5. The van der Waals surface area contributed by atoms with Crippen molar-refractivity contribution in [3.05, 3.63) is 48.3 Å². The van der Waals surface area contributed by atoms with Gasteiger partial charge in [-0.2, -0.15) is 0 Å². The van der Waals surface area contributed by atoms with Crippen molar-refractivity contribution in [1.29, 1.82) is 0 Å². The van der Waals surface area contributed by atoms with E-state index in [4.69, 9.17) is 9.47 Å². The van der Waals surface area contributed by atoms with Gasteiger partial charge >= 0.3 is 6.03 Å². The van der Waals surface area contributed by atoms with E-state index in [1.165, 1.54) is 0 Å². The number of ether oxygens (including phenoxy) is 2. The zero-order valence-corrected chi connectivity index (χ0v) is 16.8. The minimum atomic E-state index is -0.0802. The second-order valence-electron chi connectivity index (χ2n) is 7.16. The van der Waals surface area contributed by atoms with Gasteiger partial charge in [-0.3, -0.25) is 0 Å². The molecular weight excluding hydrogens is 356 g/mol. The number of rotatable bonds is 8. The first-order valence-electron chi connectivity index (χ1n) is 9.87. The third-order valence-electron chi connectivity index (χ3n) is 5.19. The highest BCUT2D eigenvalue weighted by molar-refractivity contribution is 5.89. The van der Waals surface area contributed by atoms with E-state index in [9.17, 15) is 4.79 Å². The van der Waals surface area contributed by atoms with Gasteiger partial charge in [0.1, 0.15) is 18.8 Å². The number of aromatic nitrogens is 1. The van der Waals surface area contributed by atoms with Crippen LogP contribution in [0.3, 0.4) is 0 Å². The minimum Gasteiger partial charge on any atom is -0.497 e. The number of hydrogen-bond acceptors (Lipinski definition) is 3. The number of nitrogens with zero attached hydrogens (tertiary/aromatic N) is 2. The lowest BCUT2D eigenvalue weighted by Gasteiger charge is -2.26. The second kappa shape index (κ2) is 10.1. The fourth-order valence-corrected chi connectivity index (χ4v) is 3.42. The van der Waals surface area contributed by atoms with Crippen LogP contribution in [0, 0.1) is 0 Å². The number of carbonyl (C=O) groups excluding carboxylic acids is 1. The highest BCUT2D eigenvalue weighted by Crippen LogP contribution is 2.16. The molecule has 7 heteroatoms. The van der Waals surface area contributed by atoms with E-state index in [-0.39, 0.29) is 6.03 Å². The number of nitrogens with one attached hydrogen (secondary N) is 2. The Morgan fingerprint density at radius 3 is 2.64 bits per heavy atom. The number of urea groups is 1. The number of amides is 2. The normalized spacial score (nSPS) is 14.6. The number of aryl methyl sites for hydroxylation is 1. The molecular formula is C21H31N4O3+. The summed E-state index contributed by atoms with van der Waals surface area (Å²) < 4.78 is 12.7. The standard InChI is InChI=1S/C21H30N4O3/c1-23-10-3-5-19(23)17-25(12-4-11-24-13-15-28-16-14-24)21(26)22-18-6-8-20(27-2)9-7-18/h3,5-10H,4,11-17H2,1-2H3,(H,22,26)/p+1. The SMILES string of the molecule is COc1ccc(NC(=O)N(CCC[NH+]2CCOCC2)Cc2cccn2C)cc1. The third-order valence-corrected chi connectivity index (χ3v) is 5.19. The molecule has 0 radical (unpaired) electrons. The summed E-state index contributed by atoms with van der Waals surface area (Å²) >= 11 is 0. The Morgan fingerprint density at radius 2 is 2.00 bits per heavy atom. The number of anilines is 1. The number of benzene rings is 1. The first-order valence-corrected chi connectivity index (χ1v) is 9.87. The van der Waals surface area contributed by atoms with Gasteiger partial charge in [0.15, 0.2) is 0 Å². The Bertz CT molecular complexity index is 738. The second-order valence-corrected chi connectivity index (χ2v) is 7.16. The van der Waals surface area contributed by atoms with Crippen LogP contribution in [0.4, 0.5) is 10.5 Å². The lowest BCUT2D eigenvalue weighted by molar-refractivity contribution is -0.908. The first-order chi connectivity index (χ1) is 13.7. The van der Waals surface area contributed by atoms with E-state index < -0.39 is 0 Å². The van der Waals surface area contributed by atoms with Crippen LogP contribution in [0.5, 0.6) is 5.75 Å². The van der Waals surface area contributed by atoms with E-state index in [0.717, 1.165) is 62.9 Å². The van der Waals surface area contributed by atoms with Crippen molar-refractivity contribution in [1.82, 2.24) is 9.47 Å². The van der Waals surface area contributed by atoms with Gasteiger partial charge in [-0.25, -0.2) is 4.79 Å². The van der Waals surface area contributed by atoms with Crippen molar-refractivity contribution < 1.29 is 19.2 Å². The van der Waals surface area contributed by atoms with E-state index in [1.54, 1.807) is 12.0 Å². The summed E-state index contributed by atoms with van der Waals surface area (Å²) in [4.78, 5) is 16.4. The molecule has 1 aromatic heterocycles. The monoisotopic (exact) mass is 387 g/mol. The highest BCUT2D eigenvalue weighted by Gasteiger charge is 2.18. The van der Waals surface area contributed by atoms with Crippen LogP contribution in [-0.4, -0.2) is 62.0 Å². The molecule has 2 heterocycles. The van der Waals surface area contributed by atoms with E-state index in [1.807, 2.05) is 48.5 Å². The lowest BCUT2D eigenvalue weighted by Crippen LogP contribution is -3.14. The Hall–Kier alpha value is -2.51. The Labute approximate surface area is 166 Å². The maximum atomic E-state index is 12.9. The number of carbonyl (C=O) groups is 1. The Morgan fingerprint density at radius 1 is 1.25 bits per heavy atom. The van der Waals surface area contributed by atoms with Gasteiger partial charge < -0.3 is 29.2 Å². The van der Waals surface area contributed by atoms with Crippen molar-refractivity contribution in [2.45, 2.75) is 13.0 Å².